The van der Waals surface area contributed by atoms with Crippen LogP contribution in [0, 0.1) is 11.8 Å². The molecule has 0 radical (unpaired) electrons. The summed E-state index contributed by atoms with van der Waals surface area (Å²) in [5.41, 5.74) is 6.16. The van der Waals surface area contributed by atoms with Gasteiger partial charge in [-0.2, -0.15) is 0 Å². The van der Waals surface area contributed by atoms with Crippen LogP contribution in [0.1, 0.15) is 33.1 Å². The highest BCUT2D eigenvalue weighted by atomic mass is 16.5. The minimum Gasteiger partial charge on any atom is -0.385 e. The third-order valence-corrected chi connectivity index (χ3v) is 3.61. The molecule has 4 unspecified atom stereocenters. The highest BCUT2D eigenvalue weighted by Gasteiger charge is 2.32. The van der Waals surface area contributed by atoms with E-state index >= 15 is 0 Å². The lowest BCUT2D eigenvalue weighted by Gasteiger charge is -2.37. The van der Waals surface area contributed by atoms with Gasteiger partial charge in [-0.3, -0.25) is 0 Å². The van der Waals surface area contributed by atoms with Crippen LogP contribution in [0.25, 0.3) is 0 Å². The molecular weight excluding hydrogens is 230 g/mol. The molecule has 1 aliphatic carbocycles. The summed E-state index contributed by atoms with van der Waals surface area (Å²) in [4.78, 5) is 0. The molecule has 0 aromatic carbocycles. The largest absolute Gasteiger partial charge is 0.385 e. The van der Waals surface area contributed by atoms with Crippen molar-refractivity contribution in [2.24, 2.45) is 17.6 Å². The molecule has 0 aromatic rings. The van der Waals surface area contributed by atoms with E-state index < -0.39 is 0 Å². The Labute approximate surface area is 111 Å². The molecule has 0 heterocycles. The van der Waals surface area contributed by atoms with E-state index in [-0.39, 0.29) is 12.1 Å². The van der Waals surface area contributed by atoms with Gasteiger partial charge in [-0.15, -0.1) is 0 Å². The van der Waals surface area contributed by atoms with E-state index in [0.29, 0.717) is 19.1 Å². The van der Waals surface area contributed by atoms with Crippen LogP contribution in [0.3, 0.4) is 0 Å². The fraction of sp³-hybridized carbons (Fsp3) is 1.00. The van der Waals surface area contributed by atoms with Crippen molar-refractivity contribution in [3.05, 3.63) is 0 Å². The Bertz CT molecular complexity index is 201. The fourth-order valence-corrected chi connectivity index (χ4v) is 2.82. The van der Waals surface area contributed by atoms with Gasteiger partial charge >= 0.3 is 0 Å². The van der Waals surface area contributed by atoms with Crippen LogP contribution in [0.2, 0.25) is 0 Å². The van der Waals surface area contributed by atoms with Crippen molar-refractivity contribution in [3.8, 4) is 0 Å². The van der Waals surface area contributed by atoms with Crippen LogP contribution in [-0.2, 0) is 14.2 Å². The van der Waals surface area contributed by atoms with Gasteiger partial charge in [0.15, 0.2) is 0 Å². The quantitative estimate of drug-likeness (QED) is 0.676. The lowest BCUT2D eigenvalue weighted by Crippen LogP contribution is -2.46. The molecule has 18 heavy (non-hydrogen) atoms. The lowest BCUT2D eigenvalue weighted by molar-refractivity contribution is -0.0514. The van der Waals surface area contributed by atoms with E-state index in [0.717, 1.165) is 32.0 Å². The average Bonchev–Trinajstić information content (AvgIpc) is 2.30. The van der Waals surface area contributed by atoms with Crippen LogP contribution in [0.5, 0.6) is 0 Å². The molecular formula is C14H29NO3. The van der Waals surface area contributed by atoms with E-state index in [1.165, 1.54) is 6.42 Å². The van der Waals surface area contributed by atoms with Crippen LogP contribution in [-0.4, -0.2) is 45.7 Å². The molecule has 0 aliphatic heterocycles. The van der Waals surface area contributed by atoms with Gasteiger partial charge in [0.2, 0.25) is 0 Å². The molecule has 108 valence electrons. The number of nitrogens with two attached hydrogens (primary N) is 1. The van der Waals surface area contributed by atoms with E-state index in [4.69, 9.17) is 19.9 Å². The van der Waals surface area contributed by atoms with Crippen molar-refractivity contribution in [2.75, 3.05) is 33.5 Å². The number of hydrogen-bond donors (Lipinski definition) is 1. The summed E-state index contributed by atoms with van der Waals surface area (Å²) in [6.45, 7) is 7.29. The van der Waals surface area contributed by atoms with E-state index in [2.05, 4.69) is 13.8 Å². The smallest absolute Gasteiger partial charge is 0.0752 e. The van der Waals surface area contributed by atoms with Crippen molar-refractivity contribution >= 4 is 0 Å². The molecule has 0 spiro atoms. The third kappa shape index (κ3) is 5.65. The van der Waals surface area contributed by atoms with Crippen LogP contribution in [0.15, 0.2) is 0 Å². The summed E-state index contributed by atoms with van der Waals surface area (Å²) in [5.74, 6) is 1.28. The number of hydrogen-bond acceptors (Lipinski definition) is 4. The maximum absolute atomic E-state index is 6.16. The van der Waals surface area contributed by atoms with Gasteiger partial charge in [0.25, 0.3) is 0 Å². The van der Waals surface area contributed by atoms with Crippen molar-refractivity contribution in [1.29, 1.82) is 0 Å². The Morgan fingerprint density at radius 2 is 1.83 bits per heavy atom. The second kappa shape index (κ2) is 8.86. The Balaban J connectivity index is 2.07. The summed E-state index contributed by atoms with van der Waals surface area (Å²) >= 11 is 0. The van der Waals surface area contributed by atoms with E-state index in [9.17, 15) is 0 Å². The van der Waals surface area contributed by atoms with Crippen LogP contribution >= 0.6 is 0 Å². The fourth-order valence-electron chi connectivity index (χ4n) is 2.82. The zero-order valence-electron chi connectivity index (χ0n) is 12.1. The van der Waals surface area contributed by atoms with Gasteiger partial charge in [-0.25, -0.2) is 0 Å². The predicted molar refractivity (Wildman–Crippen MR) is 72.6 cm³/mol. The maximum atomic E-state index is 6.16. The molecule has 2 N–H and O–H groups in total. The van der Waals surface area contributed by atoms with Gasteiger partial charge in [-0.1, -0.05) is 13.8 Å². The van der Waals surface area contributed by atoms with Gasteiger partial charge in [0.1, 0.15) is 0 Å². The van der Waals surface area contributed by atoms with Crippen LogP contribution < -0.4 is 5.73 Å². The molecule has 1 saturated carbocycles. The molecule has 4 nitrogen and oxygen atoms in total. The molecule has 0 aromatic heterocycles. The molecule has 4 atom stereocenters. The summed E-state index contributed by atoms with van der Waals surface area (Å²) < 4.78 is 16.3. The number of rotatable bonds is 8. The topological polar surface area (TPSA) is 53.7 Å². The van der Waals surface area contributed by atoms with E-state index in [1.54, 1.807) is 7.11 Å². The zero-order chi connectivity index (χ0) is 13.4. The van der Waals surface area contributed by atoms with Gasteiger partial charge < -0.3 is 19.9 Å². The van der Waals surface area contributed by atoms with Crippen molar-refractivity contribution in [3.63, 3.8) is 0 Å². The lowest BCUT2D eigenvalue weighted by atomic mass is 9.78. The first kappa shape index (κ1) is 15.9. The van der Waals surface area contributed by atoms with Gasteiger partial charge in [0.05, 0.1) is 19.3 Å². The third-order valence-electron chi connectivity index (χ3n) is 3.61. The summed E-state index contributed by atoms with van der Waals surface area (Å²) in [6.07, 6.45) is 3.42. The Kier molecular flexibility index (Phi) is 7.82. The second-order valence-electron chi connectivity index (χ2n) is 5.51. The van der Waals surface area contributed by atoms with Gasteiger partial charge in [0, 0.05) is 26.4 Å². The molecule has 0 saturated heterocycles. The number of methoxy groups -OCH3 is 1. The minimum absolute atomic E-state index is 0.178. The SMILES string of the molecule is COCCCOCCOC1C(C)CC(C)CC1N. The second-order valence-corrected chi connectivity index (χ2v) is 5.51. The van der Waals surface area contributed by atoms with Crippen molar-refractivity contribution in [2.45, 2.75) is 45.3 Å². The standard InChI is InChI=1S/C14H29NO3/c1-11-9-12(2)14(13(15)10-11)18-8-7-17-6-4-5-16-3/h11-14H,4-10,15H2,1-3H3. The molecule has 1 aliphatic rings. The summed E-state index contributed by atoms with van der Waals surface area (Å²) in [6, 6.07) is 0.178. The molecule has 0 bridgehead atoms. The first-order valence-corrected chi connectivity index (χ1v) is 7.09. The molecule has 4 heteroatoms. The van der Waals surface area contributed by atoms with Crippen LogP contribution in [0.4, 0.5) is 0 Å². The number of ether oxygens (including phenoxy) is 3. The highest BCUT2D eigenvalue weighted by molar-refractivity contribution is 4.86. The van der Waals surface area contributed by atoms with E-state index in [1.807, 2.05) is 0 Å². The Morgan fingerprint density at radius 3 is 2.50 bits per heavy atom. The van der Waals surface area contributed by atoms with Crippen molar-refractivity contribution < 1.29 is 14.2 Å². The monoisotopic (exact) mass is 259 g/mol. The average molecular weight is 259 g/mol. The normalized spacial score (nSPS) is 32.7. The molecule has 0 amide bonds. The summed E-state index contributed by atoms with van der Waals surface area (Å²) in [7, 11) is 1.70. The van der Waals surface area contributed by atoms with Gasteiger partial charge in [-0.05, 0) is 31.1 Å². The van der Waals surface area contributed by atoms with Crippen molar-refractivity contribution in [1.82, 2.24) is 0 Å². The zero-order valence-corrected chi connectivity index (χ0v) is 12.1. The molecule has 1 fully saturated rings. The first-order valence-electron chi connectivity index (χ1n) is 7.09. The first-order chi connectivity index (χ1) is 8.65. The molecule has 1 rings (SSSR count). The minimum atomic E-state index is 0.178. The predicted octanol–water partition coefficient (Wildman–Crippen LogP) is 1.82. The Morgan fingerprint density at radius 1 is 1.06 bits per heavy atom. The summed E-state index contributed by atoms with van der Waals surface area (Å²) in [5, 5.41) is 0. The highest BCUT2D eigenvalue weighted by Crippen LogP contribution is 2.29. The Hall–Kier alpha value is -0.160. The maximum Gasteiger partial charge on any atom is 0.0752 e.